The van der Waals surface area contributed by atoms with E-state index < -0.39 is 0 Å². The Balaban J connectivity index is 2.18. The van der Waals surface area contributed by atoms with E-state index in [4.69, 9.17) is 4.74 Å². The summed E-state index contributed by atoms with van der Waals surface area (Å²) < 4.78 is 5.14. The maximum Gasteiger partial charge on any atom is 0.204 e. The molecule has 2 aliphatic rings. The molecule has 11 heavy (non-hydrogen) atoms. The molecule has 0 spiro atoms. The fraction of sp³-hybridized carbons (Fsp3) is 0.750. The van der Waals surface area contributed by atoms with Gasteiger partial charge in [0.25, 0.3) is 0 Å². The Morgan fingerprint density at radius 3 is 2.91 bits per heavy atom. The molecule has 2 rings (SSSR count). The smallest absolute Gasteiger partial charge is 0.204 e. The number of carbonyl (C=O) groups excluding carboxylic acids is 2. The first-order valence-corrected chi connectivity index (χ1v) is 3.94. The molecule has 3 nitrogen and oxygen atoms in total. The highest BCUT2D eigenvalue weighted by atomic mass is 16.5. The standard InChI is InChI=1S/C8H10O3/c9-7-2-1-5-3-11-4-6(5)8(7)10/h5-6H,1-4H2. The van der Waals surface area contributed by atoms with E-state index in [2.05, 4.69) is 0 Å². The molecule has 1 aliphatic carbocycles. The SMILES string of the molecule is O=C1CCC2COCC2C1=O. The number of Topliss-reactive ketones (excluding diaryl/α,β-unsaturated/α-hetero) is 2. The van der Waals surface area contributed by atoms with Crippen molar-refractivity contribution in [3.8, 4) is 0 Å². The highest BCUT2D eigenvalue weighted by molar-refractivity contribution is 6.38. The lowest BCUT2D eigenvalue weighted by atomic mass is 9.80. The van der Waals surface area contributed by atoms with Crippen molar-refractivity contribution in [3.05, 3.63) is 0 Å². The van der Waals surface area contributed by atoms with E-state index in [0.29, 0.717) is 25.6 Å². The monoisotopic (exact) mass is 154 g/mol. The highest BCUT2D eigenvalue weighted by Crippen LogP contribution is 2.30. The molecule has 60 valence electrons. The van der Waals surface area contributed by atoms with Crippen LogP contribution in [0.4, 0.5) is 0 Å². The van der Waals surface area contributed by atoms with E-state index >= 15 is 0 Å². The number of ether oxygens (including phenoxy) is 1. The predicted octanol–water partition coefficient (Wildman–Crippen LogP) is 0.181. The highest BCUT2D eigenvalue weighted by Gasteiger charge is 2.40. The third-order valence-corrected chi connectivity index (χ3v) is 2.55. The Bertz CT molecular complexity index is 209. The molecule has 0 bridgehead atoms. The zero-order valence-corrected chi connectivity index (χ0v) is 6.21. The van der Waals surface area contributed by atoms with Crippen LogP contribution in [0.5, 0.6) is 0 Å². The quantitative estimate of drug-likeness (QED) is 0.467. The van der Waals surface area contributed by atoms with Crippen molar-refractivity contribution < 1.29 is 14.3 Å². The van der Waals surface area contributed by atoms with Crippen LogP contribution < -0.4 is 0 Å². The van der Waals surface area contributed by atoms with Gasteiger partial charge in [0.1, 0.15) is 0 Å². The fourth-order valence-corrected chi connectivity index (χ4v) is 1.82. The van der Waals surface area contributed by atoms with Crippen LogP contribution in [0.25, 0.3) is 0 Å². The number of carbonyl (C=O) groups is 2. The van der Waals surface area contributed by atoms with Gasteiger partial charge in [0.15, 0.2) is 5.78 Å². The molecular formula is C8H10O3. The van der Waals surface area contributed by atoms with E-state index in [-0.39, 0.29) is 17.5 Å². The fourth-order valence-electron chi connectivity index (χ4n) is 1.82. The molecule has 1 aliphatic heterocycles. The second kappa shape index (κ2) is 2.41. The summed E-state index contributed by atoms with van der Waals surface area (Å²) in [6.45, 7) is 1.14. The summed E-state index contributed by atoms with van der Waals surface area (Å²) in [4.78, 5) is 22.1. The first-order valence-electron chi connectivity index (χ1n) is 3.94. The van der Waals surface area contributed by atoms with Crippen LogP contribution in [0, 0.1) is 11.8 Å². The van der Waals surface area contributed by atoms with Gasteiger partial charge in [0.05, 0.1) is 19.1 Å². The maximum atomic E-state index is 11.2. The first-order chi connectivity index (χ1) is 5.29. The molecule has 0 aromatic heterocycles. The number of fused-ring (bicyclic) bond motifs is 1. The Kier molecular flexibility index (Phi) is 1.53. The molecule has 1 saturated heterocycles. The van der Waals surface area contributed by atoms with Gasteiger partial charge in [-0.1, -0.05) is 0 Å². The van der Waals surface area contributed by atoms with Gasteiger partial charge in [-0.05, 0) is 12.3 Å². The van der Waals surface area contributed by atoms with Crippen molar-refractivity contribution in [2.24, 2.45) is 11.8 Å². The van der Waals surface area contributed by atoms with E-state index in [1.807, 2.05) is 0 Å². The first kappa shape index (κ1) is 6.98. The molecule has 2 unspecified atom stereocenters. The molecule has 0 radical (unpaired) electrons. The van der Waals surface area contributed by atoms with Crippen LogP contribution in [0.15, 0.2) is 0 Å². The Morgan fingerprint density at radius 2 is 2.09 bits per heavy atom. The van der Waals surface area contributed by atoms with E-state index in [9.17, 15) is 9.59 Å². The number of rotatable bonds is 0. The average molecular weight is 154 g/mol. The summed E-state index contributed by atoms with van der Waals surface area (Å²) >= 11 is 0. The molecule has 0 N–H and O–H groups in total. The van der Waals surface area contributed by atoms with Crippen molar-refractivity contribution in [2.45, 2.75) is 12.8 Å². The molecular weight excluding hydrogens is 144 g/mol. The summed E-state index contributed by atoms with van der Waals surface area (Å²) in [5.74, 6) is -0.160. The van der Waals surface area contributed by atoms with Crippen molar-refractivity contribution in [3.63, 3.8) is 0 Å². The maximum absolute atomic E-state index is 11.2. The molecule has 1 heterocycles. The molecule has 0 aromatic rings. The summed E-state index contributed by atoms with van der Waals surface area (Å²) in [6, 6.07) is 0. The molecule has 0 amide bonds. The minimum Gasteiger partial charge on any atom is -0.380 e. The van der Waals surface area contributed by atoms with E-state index in [0.717, 1.165) is 6.42 Å². The molecule has 0 aromatic carbocycles. The van der Waals surface area contributed by atoms with E-state index in [1.165, 1.54) is 0 Å². The normalized spacial score (nSPS) is 37.5. The lowest BCUT2D eigenvalue weighted by molar-refractivity contribution is -0.141. The van der Waals surface area contributed by atoms with Crippen LogP contribution in [0.3, 0.4) is 0 Å². The van der Waals surface area contributed by atoms with Gasteiger partial charge in [0, 0.05) is 6.42 Å². The minimum atomic E-state index is -0.197. The summed E-state index contributed by atoms with van der Waals surface area (Å²) in [5.41, 5.74) is 0. The third-order valence-electron chi connectivity index (χ3n) is 2.55. The van der Waals surface area contributed by atoms with Crippen LogP contribution in [0.1, 0.15) is 12.8 Å². The Labute approximate surface area is 64.7 Å². The van der Waals surface area contributed by atoms with Crippen LogP contribution in [-0.2, 0) is 14.3 Å². The van der Waals surface area contributed by atoms with Gasteiger partial charge in [-0.3, -0.25) is 9.59 Å². The Morgan fingerprint density at radius 1 is 1.27 bits per heavy atom. The summed E-state index contributed by atoms with van der Waals surface area (Å²) in [5, 5.41) is 0. The van der Waals surface area contributed by atoms with Crippen LogP contribution in [-0.4, -0.2) is 24.8 Å². The number of ketones is 2. The van der Waals surface area contributed by atoms with Gasteiger partial charge < -0.3 is 4.74 Å². The van der Waals surface area contributed by atoms with Crippen molar-refractivity contribution >= 4 is 11.6 Å². The molecule has 2 atom stereocenters. The van der Waals surface area contributed by atoms with Crippen molar-refractivity contribution in [1.82, 2.24) is 0 Å². The zero-order valence-electron chi connectivity index (χ0n) is 6.21. The summed E-state index contributed by atoms with van der Waals surface area (Å²) in [7, 11) is 0. The number of hydrogen-bond donors (Lipinski definition) is 0. The molecule has 3 heteroatoms. The largest absolute Gasteiger partial charge is 0.380 e. The lowest BCUT2D eigenvalue weighted by Gasteiger charge is -2.19. The number of hydrogen-bond acceptors (Lipinski definition) is 3. The van der Waals surface area contributed by atoms with Gasteiger partial charge in [-0.25, -0.2) is 0 Å². The van der Waals surface area contributed by atoms with Gasteiger partial charge >= 0.3 is 0 Å². The van der Waals surface area contributed by atoms with Crippen LogP contribution >= 0.6 is 0 Å². The predicted molar refractivity (Wildman–Crippen MR) is 37.0 cm³/mol. The second-order valence-corrected chi connectivity index (χ2v) is 3.23. The third kappa shape index (κ3) is 0.997. The summed E-state index contributed by atoms with van der Waals surface area (Å²) in [6.07, 6.45) is 1.28. The molecule has 2 fully saturated rings. The topological polar surface area (TPSA) is 43.4 Å². The van der Waals surface area contributed by atoms with Crippen LogP contribution in [0.2, 0.25) is 0 Å². The Hall–Kier alpha value is -0.700. The van der Waals surface area contributed by atoms with Gasteiger partial charge in [-0.15, -0.1) is 0 Å². The molecule has 1 saturated carbocycles. The van der Waals surface area contributed by atoms with E-state index in [1.54, 1.807) is 0 Å². The second-order valence-electron chi connectivity index (χ2n) is 3.23. The average Bonchev–Trinajstić information content (AvgIpc) is 2.45. The minimum absolute atomic E-state index is 0.101. The van der Waals surface area contributed by atoms with Gasteiger partial charge in [-0.2, -0.15) is 0 Å². The van der Waals surface area contributed by atoms with Gasteiger partial charge in [0.2, 0.25) is 5.78 Å². The lowest BCUT2D eigenvalue weighted by Crippen LogP contribution is -2.34. The van der Waals surface area contributed by atoms with Crippen molar-refractivity contribution in [1.29, 1.82) is 0 Å². The zero-order chi connectivity index (χ0) is 7.84. The van der Waals surface area contributed by atoms with Crippen molar-refractivity contribution in [2.75, 3.05) is 13.2 Å².